The molecule has 1 atom stereocenters. The Morgan fingerprint density at radius 1 is 1.33 bits per heavy atom. The molecule has 27 heavy (non-hydrogen) atoms. The zero-order valence-corrected chi connectivity index (χ0v) is 15.7. The summed E-state index contributed by atoms with van der Waals surface area (Å²) < 4.78 is 1.49. The minimum absolute atomic E-state index is 0.162. The van der Waals surface area contributed by atoms with Gasteiger partial charge in [-0.05, 0) is 32.3 Å². The van der Waals surface area contributed by atoms with Crippen molar-refractivity contribution in [2.45, 2.75) is 51.6 Å². The van der Waals surface area contributed by atoms with Gasteiger partial charge in [0.1, 0.15) is 0 Å². The van der Waals surface area contributed by atoms with E-state index in [0.717, 1.165) is 31.5 Å². The molecule has 0 aromatic carbocycles. The van der Waals surface area contributed by atoms with E-state index in [4.69, 9.17) is 0 Å². The molecule has 2 aromatic rings. The van der Waals surface area contributed by atoms with E-state index in [1.165, 1.54) is 4.57 Å². The lowest BCUT2D eigenvalue weighted by Crippen LogP contribution is -2.51. The van der Waals surface area contributed by atoms with Gasteiger partial charge in [-0.1, -0.05) is 6.92 Å². The summed E-state index contributed by atoms with van der Waals surface area (Å²) in [7, 11) is 0. The zero-order valence-electron chi connectivity index (χ0n) is 15.7. The molecule has 2 N–H and O–H groups in total. The number of nitrogens with one attached hydrogen (secondary N) is 2. The highest BCUT2D eigenvalue weighted by molar-refractivity contribution is 6.05. The SMILES string of the molecule is CCCn1c(=O)[nH]c(=O)c2c(C(=O)N3CCNC(C)C3)cc(C3CC3)nc21. The quantitative estimate of drug-likeness (QED) is 0.828. The van der Waals surface area contributed by atoms with Crippen molar-refractivity contribution in [2.24, 2.45) is 0 Å². The Bertz CT molecular complexity index is 1000. The number of hydrogen-bond donors (Lipinski definition) is 2. The maximum Gasteiger partial charge on any atom is 0.329 e. The number of aromatic amines is 1. The number of nitrogens with zero attached hydrogens (tertiary/aromatic N) is 3. The number of amides is 1. The molecule has 1 saturated heterocycles. The summed E-state index contributed by atoms with van der Waals surface area (Å²) in [6.45, 7) is 6.35. The highest BCUT2D eigenvalue weighted by Gasteiger charge is 2.30. The Morgan fingerprint density at radius 2 is 2.11 bits per heavy atom. The predicted octanol–water partition coefficient (Wildman–Crippen LogP) is 0.806. The molecule has 1 unspecified atom stereocenters. The third-order valence-electron chi connectivity index (χ3n) is 5.30. The van der Waals surface area contributed by atoms with Gasteiger partial charge in [-0.15, -0.1) is 0 Å². The van der Waals surface area contributed by atoms with Crippen LogP contribution in [0.15, 0.2) is 15.7 Å². The van der Waals surface area contributed by atoms with Crippen molar-refractivity contribution in [3.8, 4) is 0 Å². The first-order valence-corrected chi connectivity index (χ1v) is 9.70. The first-order valence-electron chi connectivity index (χ1n) is 9.70. The summed E-state index contributed by atoms with van der Waals surface area (Å²) in [5.74, 6) is 0.150. The van der Waals surface area contributed by atoms with E-state index >= 15 is 0 Å². The smallest absolute Gasteiger partial charge is 0.329 e. The molecule has 2 aromatic heterocycles. The van der Waals surface area contributed by atoms with E-state index in [1.807, 2.05) is 13.8 Å². The van der Waals surface area contributed by atoms with Gasteiger partial charge in [0.15, 0.2) is 5.65 Å². The van der Waals surface area contributed by atoms with Crippen LogP contribution in [0.4, 0.5) is 0 Å². The summed E-state index contributed by atoms with van der Waals surface area (Å²) >= 11 is 0. The van der Waals surface area contributed by atoms with Gasteiger partial charge in [0, 0.05) is 43.8 Å². The van der Waals surface area contributed by atoms with Crippen LogP contribution in [-0.2, 0) is 6.54 Å². The molecule has 8 heteroatoms. The number of aromatic nitrogens is 3. The molecule has 144 valence electrons. The second-order valence-electron chi connectivity index (χ2n) is 7.58. The number of carbonyl (C=O) groups excluding carboxylic acids is 1. The number of hydrogen-bond acceptors (Lipinski definition) is 5. The van der Waals surface area contributed by atoms with Gasteiger partial charge in [0.05, 0.1) is 10.9 Å². The van der Waals surface area contributed by atoms with E-state index in [-0.39, 0.29) is 17.3 Å². The average molecular weight is 371 g/mol. The molecular weight excluding hydrogens is 346 g/mol. The monoisotopic (exact) mass is 371 g/mol. The van der Waals surface area contributed by atoms with Crippen LogP contribution in [-0.4, -0.2) is 51.0 Å². The van der Waals surface area contributed by atoms with E-state index in [9.17, 15) is 14.4 Å². The molecule has 0 radical (unpaired) electrons. The maximum absolute atomic E-state index is 13.3. The fraction of sp³-hybridized carbons (Fsp3) is 0.579. The summed E-state index contributed by atoms with van der Waals surface area (Å²) in [6, 6.07) is 1.97. The van der Waals surface area contributed by atoms with Crippen molar-refractivity contribution in [1.29, 1.82) is 0 Å². The van der Waals surface area contributed by atoms with Gasteiger partial charge in [-0.25, -0.2) is 9.78 Å². The molecule has 0 spiro atoms. The van der Waals surface area contributed by atoms with Crippen LogP contribution < -0.4 is 16.6 Å². The molecule has 4 rings (SSSR count). The van der Waals surface area contributed by atoms with Crippen LogP contribution in [0.5, 0.6) is 0 Å². The van der Waals surface area contributed by atoms with Crippen molar-refractivity contribution in [3.63, 3.8) is 0 Å². The normalized spacial score (nSPS) is 20.2. The largest absolute Gasteiger partial charge is 0.336 e. The van der Waals surface area contributed by atoms with Crippen molar-refractivity contribution in [1.82, 2.24) is 24.8 Å². The molecule has 1 amide bonds. The summed E-state index contributed by atoms with van der Waals surface area (Å²) in [5.41, 5.74) is 0.500. The molecule has 8 nitrogen and oxygen atoms in total. The van der Waals surface area contributed by atoms with Gasteiger partial charge in [0.25, 0.3) is 11.5 Å². The van der Waals surface area contributed by atoms with Crippen LogP contribution in [0.25, 0.3) is 11.0 Å². The Labute approximate surface area is 156 Å². The van der Waals surface area contributed by atoms with Gasteiger partial charge < -0.3 is 10.2 Å². The highest BCUT2D eigenvalue weighted by atomic mass is 16.2. The van der Waals surface area contributed by atoms with Crippen LogP contribution in [0.2, 0.25) is 0 Å². The topological polar surface area (TPSA) is 100 Å². The van der Waals surface area contributed by atoms with Gasteiger partial charge in [-0.3, -0.25) is 19.1 Å². The third-order valence-corrected chi connectivity index (χ3v) is 5.30. The van der Waals surface area contributed by atoms with Gasteiger partial charge in [-0.2, -0.15) is 0 Å². The minimum Gasteiger partial charge on any atom is -0.336 e. The number of rotatable bonds is 4. The van der Waals surface area contributed by atoms with E-state index in [1.54, 1.807) is 11.0 Å². The van der Waals surface area contributed by atoms with Crippen molar-refractivity contribution in [2.75, 3.05) is 19.6 Å². The van der Waals surface area contributed by atoms with Gasteiger partial charge in [0.2, 0.25) is 0 Å². The van der Waals surface area contributed by atoms with Crippen molar-refractivity contribution >= 4 is 16.9 Å². The zero-order chi connectivity index (χ0) is 19.1. The lowest BCUT2D eigenvalue weighted by Gasteiger charge is -2.32. The Hall–Kier alpha value is -2.48. The predicted molar refractivity (Wildman–Crippen MR) is 102 cm³/mol. The molecule has 1 saturated carbocycles. The molecular formula is C19H25N5O3. The number of aryl methyl sites for hydroxylation is 1. The Kier molecular flexibility index (Phi) is 4.59. The highest BCUT2D eigenvalue weighted by Crippen LogP contribution is 2.40. The standard InChI is InChI=1S/C19H25N5O3/c1-3-7-24-16-15(17(25)22-19(24)27)13(9-14(21-16)12-4-5-12)18(26)23-8-6-20-11(2)10-23/h9,11-12,20H,3-8,10H2,1-2H3,(H,22,25,27). The molecule has 1 aliphatic heterocycles. The van der Waals surface area contributed by atoms with Crippen molar-refractivity contribution in [3.05, 3.63) is 38.2 Å². The van der Waals surface area contributed by atoms with Crippen LogP contribution >= 0.6 is 0 Å². The molecule has 2 fully saturated rings. The number of pyridine rings is 1. The van der Waals surface area contributed by atoms with E-state index < -0.39 is 11.2 Å². The first kappa shape index (κ1) is 17.9. The number of carbonyl (C=O) groups is 1. The average Bonchev–Trinajstić information content (AvgIpc) is 3.48. The summed E-state index contributed by atoms with van der Waals surface area (Å²) in [5, 5.41) is 3.55. The molecule has 0 bridgehead atoms. The Balaban J connectivity index is 1.93. The fourth-order valence-corrected chi connectivity index (χ4v) is 3.77. The van der Waals surface area contributed by atoms with Crippen molar-refractivity contribution < 1.29 is 4.79 Å². The lowest BCUT2D eigenvalue weighted by atomic mass is 10.1. The molecule has 3 heterocycles. The summed E-state index contributed by atoms with van der Waals surface area (Å²) in [4.78, 5) is 47.0. The number of fused-ring (bicyclic) bond motifs is 1. The third kappa shape index (κ3) is 3.29. The number of H-pyrrole nitrogens is 1. The summed E-state index contributed by atoms with van der Waals surface area (Å²) in [6.07, 6.45) is 2.78. The fourth-order valence-electron chi connectivity index (χ4n) is 3.77. The lowest BCUT2D eigenvalue weighted by molar-refractivity contribution is 0.0710. The van der Waals surface area contributed by atoms with E-state index in [0.29, 0.717) is 36.8 Å². The number of piperazine rings is 1. The second kappa shape index (κ2) is 6.92. The minimum atomic E-state index is -0.538. The van der Waals surface area contributed by atoms with Gasteiger partial charge >= 0.3 is 5.69 Å². The maximum atomic E-state index is 13.3. The van der Waals surface area contributed by atoms with Crippen LogP contribution in [0.1, 0.15) is 55.1 Å². The van der Waals surface area contributed by atoms with Crippen LogP contribution in [0.3, 0.4) is 0 Å². The molecule has 1 aliphatic carbocycles. The van der Waals surface area contributed by atoms with E-state index in [2.05, 4.69) is 15.3 Å². The first-order chi connectivity index (χ1) is 13.0. The second-order valence-corrected chi connectivity index (χ2v) is 7.58. The molecule has 2 aliphatic rings. The Morgan fingerprint density at radius 3 is 2.78 bits per heavy atom. The van der Waals surface area contributed by atoms with Crippen LogP contribution in [0, 0.1) is 0 Å².